The standard InChI is InChI=1S/C17H20N4O2S/c1-18-15(22)12-3-2-4-13(9-12)16(23)21-17-20-10-14(24-17)11-5-7-19-8-6-11/h2-4,9-11,19H,5-8H2,1H3,(H,18,22)(H,20,21,23). The molecule has 2 aromatic rings. The number of hydrogen-bond donors (Lipinski definition) is 3. The summed E-state index contributed by atoms with van der Waals surface area (Å²) in [4.78, 5) is 29.6. The van der Waals surface area contributed by atoms with Gasteiger partial charge in [0.25, 0.3) is 11.8 Å². The summed E-state index contributed by atoms with van der Waals surface area (Å²) in [5, 5.41) is 9.32. The molecule has 2 heterocycles. The van der Waals surface area contributed by atoms with E-state index in [4.69, 9.17) is 0 Å². The van der Waals surface area contributed by atoms with Crippen LogP contribution < -0.4 is 16.0 Å². The van der Waals surface area contributed by atoms with E-state index < -0.39 is 0 Å². The molecule has 1 aliphatic heterocycles. The highest BCUT2D eigenvalue weighted by atomic mass is 32.1. The Kier molecular flexibility index (Phi) is 5.22. The minimum Gasteiger partial charge on any atom is -0.355 e. The Morgan fingerprint density at radius 2 is 1.92 bits per heavy atom. The topological polar surface area (TPSA) is 83.1 Å². The van der Waals surface area contributed by atoms with Crippen molar-refractivity contribution in [2.45, 2.75) is 18.8 Å². The average Bonchev–Trinajstić information content (AvgIpc) is 3.10. The number of thiazole rings is 1. The van der Waals surface area contributed by atoms with E-state index in [1.165, 1.54) is 16.2 Å². The predicted molar refractivity (Wildman–Crippen MR) is 94.7 cm³/mol. The van der Waals surface area contributed by atoms with Crippen LogP contribution in [-0.4, -0.2) is 36.9 Å². The van der Waals surface area contributed by atoms with Crippen molar-refractivity contribution in [3.63, 3.8) is 0 Å². The summed E-state index contributed by atoms with van der Waals surface area (Å²) in [5.41, 5.74) is 0.898. The molecule has 7 heteroatoms. The number of nitrogens with zero attached hydrogens (tertiary/aromatic N) is 1. The Morgan fingerprint density at radius 3 is 2.62 bits per heavy atom. The van der Waals surface area contributed by atoms with Crippen LogP contribution in [0, 0.1) is 0 Å². The number of benzene rings is 1. The Labute approximate surface area is 144 Å². The SMILES string of the molecule is CNC(=O)c1cccc(C(=O)Nc2ncc(C3CCNCC3)s2)c1. The second-order valence-electron chi connectivity index (χ2n) is 5.71. The molecule has 1 saturated heterocycles. The number of carbonyl (C=O) groups excluding carboxylic acids is 2. The van der Waals surface area contributed by atoms with Crippen LogP contribution in [0.25, 0.3) is 0 Å². The summed E-state index contributed by atoms with van der Waals surface area (Å²) in [7, 11) is 1.56. The summed E-state index contributed by atoms with van der Waals surface area (Å²) in [6.45, 7) is 2.05. The number of piperidine rings is 1. The third-order valence-electron chi connectivity index (χ3n) is 4.10. The third kappa shape index (κ3) is 3.80. The van der Waals surface area contributed by atoms with Gasteiger partial charge in [0, 0.05) is 29.2 Å². The lowest BCUT2D eigenvalue weighted by Gasteiger charge is -2.20. The number of anilines is 1. The molecule has 24 heavy (non-hydrogen) atoms. The van der Waals surface area contributed by atoms with Gasteiger partial charge in [0.15, 0.2) is 5.13 Å². The van der Waals surface area contributed by atoms with Crippen molar-refractivity contribution in [2.24, 2.45) is 0 Å². The van der Waals surface area contributed by atoms with Crippen LogP contribution in [0.3, 0.4) is 0 Å². The number of aromatic nitrogens is 1. The summed E-state index contributed by atoms with van der Waals surface area (Å²) < 4.78 is 0. The predicted octanol–water partition coefficient (Wildman–Crippen LogP) is 2.22. The molecular formula is C17H20N4O2S. The largest absolute Gasteiger partial charge is 0.355 e. The molecule has 0 aliphatic carbocycles. The third-order valence-corrected chi connectivity index (χ3v) is 5.17. The Morgan fingerprint density at radius 1 is 1.21 bits per heavy atom. The molecule has 126 valence electrons. The second kappa shape index (κ2) is 7.55. The van der Waals surface area contributed by atoms with Crippen molar-refractivity contribution in [3.8, 4) is 0 Å². The fourth-order valence-electron chi connectivity index (χ4n) is 2.75. The zero-order valence-corrected chi connectivity index (χ0v) is 14.3. The molecule has 0 unspecified atom stereocenters. The number of amides is 2. The van der Waals surface area contributed by atoms with E-state index in [1.54, 1.807) is 31.3 Å². The van der Waals surface area contributed by atoms with Crippen LogP contribution in [0.4, 0.5) is 5.13 Å². The van der Waals surface area contributed by atoms with Crippen LogP contribution in [0.1, 0.15) is 44.4 Å². The van der Waals surface area contributed by atoms with Crippen LogP contribution in [0.2, 0.25) is 0 Å². The molecule has 0 saturated carbocycles. The smallest absolute Gasteiger partial charge is 0.257 e. The Bertz CT molecular complexity index is 738. The molecule has 1 aliphatic rings. The van der Waals surface area contributed by atoms with Gasteiger partial charge >= 0.3 is 0 Å². The number of carbonyl (C=O) groups is 2. The van der Waals surface area contributed by atoms with E-state index in [0.29, 0.717) is 22.2 Å². The van der Waals surface area contributed by atoms with Gasteiger partial charge in [-0.2, -0.15) is 0 Å². The van der Waals surface area contributed by atoms with Gasteiger partial charge in [-0.1, -0.05) is 6.07 Å². The van der Waals surface area contributed by atoms with E-state index >= 15 is 0 Å². The lowest BCUT2D eigenvalue weighted by Crippen LogP contribution is -2.26. The monoisotopic (exact) mass is 344 g/mol. The first-order chi connectivity index (χ1) is 11.7. The molecule has 0 spiro atoms. The Balaban J connectivity index is 1.68. The summed E-state index contributed by atoms with van der Waals surface area (Å²) in [5.74, 6) is 0.0463. The molecule has 0 bridgehead atoms. The fourth-order valence-corrected chi connectivity index (χ4v) is 3.74. The summed E-state index contributed by atoms with van der Waals surface area (Å²) in [6.07, 6.45) is 4.06. The molecular weight excluding hydrogens is 324 g/mol. The normalized spacial score (nSPS) is 15.0. The van der Waals surface area contributed by atoms with Crippen LogP contribution in [-0.2, 0) is 0 Å². The van der Waals surface area contributed by atoms with E-state index in [0.717, 1.165) is 25.9 Å². The first-order valence-corrected chi connectivity index (χ1v) is 8.79. The fraction of sp³-hybridized carbons (Fsp3) is 0.353. The number of nitrogens with one attached hydrogen (secondary N) is 3. The van der Waals surface area contributed by atoms with Crippen LogP contribution in [0.15, 0.2) is 30.5 Å². The molecule has 0 atom stereocenters. The average molecular weight is 344 g/mol. The molecule has 0 radical (unpaired) electrons. The first kappa shape index (κ1) is 16.6. The van der Waals surface area contributed by atoms with Gasteiger partial charge in [0.2, 0.25) is 0 Å². The summed E-state index contributed by atoms with van der Waals surface area (Å²) >= 11 is 1.53. The van der Waals surface area contributed by atoms with Crippen molar-refractivity contribution in [1.29, 1.82) is 0 Å². The number of rotatable bonds is 4. The zero-order valence-electron chi connectivity index (χ0n) is 13.5. The minimum atomic E-state index is -0.257. The first-order valence-electron chi connectivity index (χ1n) is 7.97. The van der Waals surface area contributed by atoms with Crippen molar-refractivity contribution in [3.05, 3.63) is 46.5 Å². The van der Waals surface area contributed by atoms with Crippen molar-refractivity contribution < 1.29 is 9.59 Å². The van der Waals surface area contributed by atoms with Gasteiger partial charge in [0.1, 0.15) is 0 Å². The minimum absolute atomic E-state index is 0.216. The van der Waals surface area contributed by atoms with Gasteiger partial charge < -0.3 is 10.6 Å². The maximum Gasteiger partial charge on any atom is 0.257 e. The van der Waals surface area contributed by atoms with E-state index in [9.17, 15) is 9.59 Å². The second-order valence-corrected chi connectivity index (χ2v) is 6.77. The van der Waals surface area contributed by atoms with Crippen molar-refractivity contribution in [2.75, 3.05) is 25.5 Å². The molecule has 2 amide bonds. The van der Waals surface area contributed by atoms with E-state index in [-0.39, 0.29) is 11.8 Å². The molecule has 1 fully saturated rings. The van der Waals surface area contributed by atoms with Crippen molar-refractivity contribution in [1.82, 2.24) is 15.6 Å². The maximum atomic E-state index is 12.4. The number of hydrogen-bond acceptors (Lipinski definition) is 5. The van der Waals surface area contributed by atoms with Crippen molar-refractivity contribution >= 4 is 28.3 Å². The van der Waals surface area contributed by atoms with Gasteiger partial charge in [-0.3, -0.25) is 14.9 Å². The lowest BCUT2D eigenvalue weighted by molar-refractivity contribution is 0.0963. The molecule has 3 N–H and O–H groups in total. The van der Waals surface area contributed by atoms with Gasteiger partial charge in [-0.25, -0.2) is 4.98 Å². The summed E-state index contributed by atoms with van der Waals surface area (Å²) in [6, 6.07) is 6.63. The quantitative estimate of drug-likeness (QED) is 0.794. The molecule has 3 rings (SSSR count). The van der Waals surface area contributed by atoms with E-state index in [1.807, 2.05) is 6.20 Å². The molecule has 1 aromatic heterocycles. The highest BCUT2D eigenvalue weighted by molar-refractivity contribution is 7.15. The maximum absolute atomic E-state index is 12.4. The van der Waals surface area contributed by atoms with Gasteiger partial charge in [0.05, 0.1) is 0 Å². The molecule has 1 aromatic carbocycles. The lowest BCUT2D eigenvalue weighted by atomic mass is 9.97. The highest BCUT2D eigenvalue weighted by Crippen LogP contribution is 2.31. The van der Waals surface area contributed by atoms with E-state index in [2.05, 4.69) is 20.9 Å². The zero-order chi connectivity index (χ0) is 16.9. The van der Waals surface area contributed by atoms with Gasteiger partial charge in [-0.15, -0.1) is 11.3 Å². The Hall–Kier alpha value is -2.25. The molecule has 6 nitrogen and oxygen atoms in total. The van der Waals surface area contributed by atoms with Crippen LogP contribution in [0.5, 0.6) is 0 Å². The van der Waals surface area contributed by atoms with Crippen LogP contribution >= 0.6 is 11.3 Å². The van der Waals surface area contributed by atoms with Gasteiger partial charge in [-0.05, 0) is 50.0 Å². The highest BCUT2D eigenvalue weighted by Gasteiger charge is 2.18.